The van der Waals surface area contributed by atoms with E-state index >= 15 is 0 Å². The minimum atomic E-state index is -3.89. The average Bonchev–Trinajstić information content (AvgIpc) is 2.99. The van der Waals surface area contributed by atoms with E-state index in [1.54, 1.807) is 23.6 Å². The van der Waals surface area contributed by atoms with Gasteiger partial charge in [-0.25, -0.2) is 4.39 Å². The molecule has 0 aliphatic rings. The molecule has 1 heterocycles. The van der Waals surface area contributed by atoms with E-state index in [9.17, 15) is 18.6 Å². The summed E-state index contributed by atoms with van der Waals surface area (Å²) in [7, 11) is -3.89. The van der Waals surface area contributed by atoms with E-state index < -0.39 is 24.8 Å². The Hall–Kier alpha value is -1.98. The summed E-state index contributed by atoms with van der Waals surface area (Å²) in [5.41, 5.74) is -0.509. The van der Waals surface area contributed by atoms with Crippen LogP contribution in [0.3, 0.4) is 0 Å². The zero-order valence-electron chi connectivity index (χ0n) is 14.3. The molecule has 0 saturated carbocycles. The largest absolute Gasteiger partial charge is 0.344 e. The third-order valence-electron chi connectivity index (χ3n) is 4.10. The second kappa shape index (κ2) is 7.56. The number of nitrogens with zero attached hydrogens (tertiary/aromatic N) is 1. The number of carbonyl (C=O) groups is 1. The lowest BCUT2D eigenvalue weighted by Gasteiger charge is -2.26. The van der Waals surface area contributed by atoms with Gasteiger partial charge in [0.15, 0.2) is 0 Å². The molecule has 8 heteroatoms. The van der Waals surface area contributed by atoms with E-state index in [1.807, 2.05) is 0 Å². The molecule has 0 radical (unpaired) electrons. The Morgan fingerprint density at radius 2 is 2.00 bits per heavy atom. The van der Waals surface area contributed by atoms with Crippen LogP contribution in [-0.4, -0.2) is 17.5 Å². The van der Waals surface area contributed by atoms with Crippen molar-refractivity contribution in [1.29, 1.82) is 0 Å². The zero-order chi connectivity index (χ0) is 19.8. The van der Waals surface area contributed by atoms with Gasteiger partial charge in [-0.05, 0) is 58.8 Å². The van der Waals surface area contributed by atoms with Gasteiger partial charge in [0.2, 0.25) is 13.3 Å². The first-order valence-corrected chi connectivity index (χ1v) is 11.3. The van der Waals surface area contributed by atoms with Crippen LogP contribution in [0.15, 0.2) is 60.6 Å². The minimum Gasteiger partial charge on any atom is -0.344 e. The molecule has 1 N–H and O–H groups in total. The van der Waals surface area contributed by atoms with Gasteiger partial charge in [0.25, 0.3) is 0 Å². The number of thiophene rings is 1. The molecule has 3 rings (SSSR count). The molecule has 0 fully saturated rings. The predicted molar refractivity (Wildman–Crippen MR) is 109 cm³/mol. The average molecular weight is 424 g/mol. The van der Waals surface area contributed by atoms with Crippen LogP contribution in [0.4, 0.5) is 10.1 Å². The van der Waals surface area contributed by atoms with Crippen molar-refractivity contribution in [1.82, 2.24) is 0 Å². The van der Waals surface area contributed by atoms with E-state index in [-0.39, 0.29) is 0 Å². The van der Waals surface area contributed by atoms with Crippen molar-refractivity contribution >= 4 is 52.0 Å². The smallest absolute Gasteiger partial charge is 0.248 e. The van der Waals surface area contributed by atoms with Crippen molar-refractivity contribution in [3.8, 4) is 0 Å². The maximum atomic E-state index is 13.2. The number of fused-ring (bicyclic) bond motifs is 1. The summed E-state index contributed by atoms with van der Waals surface area (Å²) in [4.78, 5) is 24.8. The number of amides is 1. The number of benzene rings is 2. The fourth-order valence-electron chi connectivity index (χ4n) is 2.88. The summed E-state index contributed by atoms with van der Waals surface area (Å²) in [6.07, 6.45) is 1.25. The van der Waals surface area contributed by atoms with Gasteiger partial charge in [-0.2, -0.15) is 0 Å². The highest BCUT2D eigenvalue weighted by Crippen LogP contribution is 2.55. The lowest BCUT2D eigenvalue weighted by Crippen LogP contribution is -2.30. The number of halogens is 2. The first-order chi connectivity index (χ1) is 12.7. The molecule has 4 nitrogen and oxygen atoms in total. The Bertz CT molecular complexity index is 1060. The maximum Gasteiger partial charge on any atom is 0.248 e. The molecular weight excluding hydrogens is 408 g/mol. The van der Waals surface area contributed by atoms with Gasteiger partial charge in [-0.3, -0.25) is 14.3 Å². The molecule has 1 aromatic heterocycles. The van der Waals surface area contributed by atoms with Crippen molar-refractivity contribution in [3.63, 3.8) is 0 Å². The molecule has 2 aromatic carbocycles. The predicted octanol–water partition coefficient (Wildman–Crippen LogP) is 5.81. The van der Waals surface area contributed by atoms with Crippen molar-refractivity contribution in [2.24, 2.45) is 0 Å². The Morgan fingerprint density at radius 3 is 2.59 bits per heavy atom. The van der Waals surface area contributed by atoms with Crippen molar-refractivity contribution in [2.75, 3.05) is 11.6 Å². The van der Waals surface area contributed by atoms with Gasteiger partial charge in [0.05, 0.1) is 0 Å². The van der Waals surface area contributed by atoms with Gasteiger partial charge < -0.3 is 4.89 Å². The number of carbonyl (C=O) groups excluding carboxylic acids is 1. The van der Waals surface area contributed by atoms with Crippen LogP contribution in [0.5, 0.6) is 0 Å². The van der Waals surface area contributed by atoms with Gasteiger partial charge in [-0.1, -0.05) is 18.2 Å². The highest BCUT2D eigenvalue weighted by Gasteiger charge is 2.39. The van der Waals surface area contributed by atoms with Crippen molar-refractivity contribution in [3.05, 3.63) is 77.0 Å². The SMILES string of the molecule is C=CN(C(=O)C(c1csc2ccc(Cl)cc12)P(C)(=O)O)c1ccc(F)cc1. The molecule has 0 bridgehead atoms. The molecule has 2 unspecified atom stereocenters. The molecule has 0 aliphatic heterocycles. The maximum absolute atomic E-state index is 13.2. The highest BCUT2D eigenvalue weighted by atomic mass is 35.5. The Morgan fingerprint density at radius 1 is 1.33 bits per heavy atom. The number of hydrogen-bond donors (Lipinski definition) is 1. The molecule has 27 heavy (non-hydrogen) atoms. The van der Waals surface area contributed by atoms with E-state index in [4.69, 9.17) is 11.6 Å². The highest BCUT2D eigenvalue weighted by molar-refractivity contribution is 7.58. The van der Waals surface area contributed by atoms with Crippen molar-refractivity contribution in [2.45, 2.75) is 5.66 Å². The van der Waals surface area contributed by atoms with Crippen LogP contribution >= 0.6 is 30.3 Å². The van der Waals surface area contributed by atoms with Crippen LogP contribution < -0.4 is 4.90 Å². The third kappa shape index (κ3) is 3.99. The second-order valence-corrected chi connectivity index (χ2v) is 9.80. The van der Waals surface area contributed by atoms with Gasteiger partial charge >= 0.3 is 0 Å². The molecule has 0 saturated heterocycles. The molecule has 2 atom stereocenters. The lowest BCUT2D eigenvalue weighted by molar-refractivity contribution is -0.117. The summed E-state index contributed by atoms with van der Waals surface area (Å²) < 4.78 is 26.7. The van der Waals surface area contributed by atoms with E-state index in [0.29, 0.717) is 21.7 Å². The molecule has 140 valence electrons. The van der Waals surface area contributed by atoms with Crippen LogP contribution in [0.2, 0.25) is 5.02 Å². The Kier molecular flexibility index (Phi) is 5.54. The van der Waals surface area contributed by atoms with E-state index in [0.717, 1.165) is 16.3 Å². The van der Waals surface area contributed by atoms with Gasteiger partial charge in [0.1, 0.15) is 11.5 Å². The fraction of sp³-hybridized carbons (Fsp3) is 0.105. The Labute approximate surface area is 165 Å². The summed E-state index contributed by atoms with van der Waals surface area (Å²) in [5, 5.41) is 2.82. The lowest BCUT2D eigenvalue weighted by atomic mass is 10.1. The third-order valence-corrected chi connectivity index (χ3v) is 6.77. The van der Waals surface area contributed by atoms with Crippen LogP contribution in [0.1, 0.15) is 11.2 Å². The monoisotopic (exact) mass is 423 g/mol. The van der Waals surface area contributed by atoms with E-state index in [2.05, 4.69) is 6.58 Å². The topological polar surface area (TPSA) is 57.6 Å². The fourth-order valence-corrected chi connectivity index (χ4v) is 5.39. The molecule has 0 aliphatic carbocycles. The summed E-state index contributed by atoms with van der Waals surface area (Å²) in [6.45, 7) is 4.77. The quantitative estimate of drug-likeness (QED) is 0.527. The van der Waals surface area contributed by atoms with Gasteiger partial charge in [0, 0.05) is 28.3 Å². The summed E-state index contributed by atoms with van der Waals surface area (Å²) >= 11 is 7.44. The van der Waals surface area contributed by atoms with Crippen LogP contribution in [0.25, 0.3) is 10.1 Å². The molecule has 1 amide bonds. The molecular formula is C19H16ClFNO3PS. The normalized spacial score (nSPS) is 14.5. The van der Waals surface area contributed by atoms with Gasteiger partial charge in [-0.15, -0.1) is 11.3 Å². The van der Waals surface area contributed by atoms with Crippen LogP contribution in [-0.2, 0) is 9.36 Å². The first kappa shape index (κ1) is 19.8. The minimum absolute atomic E-state index is 0.354. The summed E-state index contributed by atoms with van der Waals surface area (Å²) in [5.74, 6) is -1.07. The molecule has 0 spiro atoms. The van der Waals surface area contributed by atoms with E-state index in [1.165, 1.54) is 41.8 Å². The van der Waals surface area contributed by atoms with Crippen molar-refractivity contribution < 1.29 is 18.6 Å². The number of hydrogen-bond acceptors (Lipinski definition) is 3. The number of rotatable bonds is 5. The number of anilines is 1. The standard InChI is InChI=1S/C19H16ClFNO3PS/c1-3-22(14-7-5-13(21)6-8-14)19(23)18(26(2,24)25)16-11-27-17-9-4-12(20)10-15(16)17/h3-11,18H,1H2,2H3,(H,24,25). The summed E-state index contributed by atoms with van der Waals surface area (Å²) in [6, 6.07) is 10.4. The first-order valence-electron chi connectivity index (χ1n) is 7.90. The zero-order valence-corrected chi connectivity index (χ0v) is 16.8. The van der Waals surface area contributed by atoms with Crippen LogP contribution in [0, 0.1) is 5.82 Å². The molecule has 3 aromatic rings. The second-order valence-electron chi connectivity index (χ2n) is 6.04. The Balaban J connectivity index is 2.13.